The van der Waals surface area contributed by atoms with E-state index in [0.29, 0.717) is 11.8 Å². The zero-order valence-corrected chi connectivity index (χ0v) is 10.5. The van der Waals surface area contributed by atoms with Crippen molar-refractivity contribution >= 4 is 11.6 Å². The van der Waals surface area contributed by atoms with Gasteiger partial charge in [-0.3, -0.25) is 0 Å². The fourth-order valence-electron chi connectivity index (χ4n) is 1.23. The average Bonchev–Trinajstić information content (AvgIpc) is 2.27. The van der Waals surface area contributed by atoms with Gasteiger partial charge in [0, 0.05) is 5.88 Å². The largest absolute Gasteiger partial charge is 0.493 e. The van der Waals surface area contributed by atoms with Crippen LogP contribution in [0.25, 0.3) is 0 Å². The Labute approximate surface area is 97.4 Å². The lowest BCUT2D eigenvalue weighted by atomic mass is 10.1. The Morgan fingerprint density at radius 3 is 2.73 bits per heavy atom. The maximum absolute atomic E-state index is 5.79. The second-order valence-electron chi connectivity index (χ2n) is 4.06. The molecule has 0 fully saturated rings. The lowest BCUT2D eigenvalue weighted by molar-refractivity contribution is 0.255. The number of benzene rings is 1. The molecule has 0 N–H and O–H groups in total. The van der Waals surface area contributed by atoms with Crippen LogP contribution in [-0.4, -0.2) is 6.61 Å². The molecule has 0 saturated heterocycles. The Bertz CT molecular complexity index is 309. The van der Waals surface area contributed by atoms with Crippen molar-refractivity contribution in [1.82, 2.24) is 0 Å². The number of rotatable bonds is 5. The van der Waals surface area contributed by atoms with Crippen LogP contribution in [-0.2, 0) is 5.88 Å². The molecule has 1 aromatic carbocycles. The fourth-order valence-corrected chi connectivity index (χ4v) is 1.40. The van der Waals surface area contributed by atoms with E-state index in [4.69, 9.17) is 16.3 Å². The van der Waals surface area contributed by atoms with E-state index in [9.17, 15) is 0 Å². The van der Waals surface area contributed by atoms with Crippen molar-refractivity contribution in [3.05, 3.63) is 29.3 Å². The van der Waals surface area contributed by atoms with Crippen LogP contribution in [0.3, 0.4) is 0 Å². The Hall–Kier alpha value is -0.690. The van der Waals surface area contributed by atoms with Crippen molar-refractivity contribution in [2.24, 2.45) is 5.92 Å². The van der Waals surface area contributed by atoms with Crippen molar-refractivity contribution in [3.8, 4) is 5.75 Å². The van der Waals surface area contributed by atoms with E-state index in [-0.39, 0.29) is 0 Å². The summed E-state index contributed by atoms with van der Waals surface area (Å²) in [6, 6.07) is 6.13. The van der Waals surface area contributed by atoms with Crippen LogP contribution in [0.5, 0.6) is 5.75 Å². The van der Waals surface area contributed by atoms with E-state index < -0.39 is 0 Å². The molecule has 0 spiro atoms. The third kappa shape index (κ3) is 3.75. The van der Waals surface area contributed by atoms with Crippen molar-refractivity contribution in [1.29, 1.82) is 0 Å². The number of halogens is 1. The van der Waals surface area contributed by atoms with Crippen LogP contribution in [0.4, 0.5) is 0 Å². The van der Waals surface area contributed by atoms with Gasteiger partial charge in [-0.2, -0.15) is 0 Å². The lowest BCUT2D eigenvalue weighted by Gasteiger charge is -2.13. The molecule has 0 aliphatic carbocycles. The van der Waals surface area contributed by atoms with Crippen LogP contribution in [0.1, 0.15) is 31.4 Å². The Kier molecular flexibility index (Phi) is 4.97. The van der Waals surface area contributed by atoms with Gasteiger partial charge in [0.1, 0.15) is 5.75 Å². The van der Waals surface area contributed by atoms with Crippen LogP contribution in [0, 0.1) is 12.8 Å². The molecule has 1 nitrogen and oxygen atoms in total. The normalized spacial score (nSPS) is 12.5. The highest BCUT2D eigenvalue weighted by atomic mass is 35.5. The molecule has 1 unspecified atom stereocenters. The highest BCUT2D eigenvalue weighted by Crippen LogP contribution is 2.21. The van der Waals surface area contributed by atoms with Crippen molar-refractivity contribution in [2.45, 2.75) is 33.1 Å². The monoisotopic (exact) mass is 226 g/mol. The Morgan fingerprint density at radius 2 is 2.13 bits per heavy atom. The van der Waals surface area contributed by atoms with E-state index in [1.165, 1.54) is 5.56 Å². The third-order valence-electron chi connectivity index (χ3n) is 2.63. The summed E-state index contributed by atoms with van der Waals surface area (Å²) in [6.07, 6.45) is 1.15. The summed E-state index contributed by atoms with van der Waals surface area (Å²) in [4.78, 5) is 0. The first kappa shape index (κ1) is 12.4. The van der Waals surface area contributed by atoms with E-state index in [2.05, 4.69) is 26.8 Å². The summed E-state index contributed by atoms with van der Waals surface area (Å²) < 4.78 is 5.77. The quantitative estimate of drug-likeness (QED) is 0.686. The van der Waals surface area contributed by atoms with Gasteiger partial charge in [-0.25, -0.2) is 0 Å². The van der Waals surface area contributed by atoms with Gasteiger partial charge in [0.15, 0.2) is 0 Å². The first-order valence-corrected chi connectivity index (χ1v) is 5.99. The number of ether oxygens (including phenoxy) is 1. The second kappa shape index (κ2) is 6.02. The zero-order chi connectivity index (χ0) is 11.3. The maximum atomic E-state index is 5.79. The molecular formula is C13H19ClO. The van der Waals surface area contributed by atoms with Crippen LogP contribution in [0.2, 0.25) is 0 Å². The summed E-state index contributed by atoms with van der Waals surface area (Å²) in [5.74, 6) is 2.11. The number of alkyl halides is 1. The number of hydrogen-bond donors (Lipinski definition) is 0. The van der Waals surface area contributed by atoms with Gasteiger partial charge in [-0.15, -0.1) is 11.6 Å². The van der Waals surface area contributed by atoms with Crippen molar-refractivity contribution in [2.75, 3.05) is 6.61 Å². The topological polar surface area (TPSA) is 9.23 Å². The first-order chi connectivity index (χ1) is 7.17. The molecule has 1 rings (SSSR count). The smallest absolute Gasteiger partial charge is 0.122 e. The van der Waals surface area contributed by atoms with Gasteiger partial charge in [0.05, 0.1) is 6.61 Å². The van der Waals surface area contributed by atoms with E-state index in [0.717, 1.165) is 24.3 Å². The lowest BCUT2D eigenvalue weighted by Crippen LogP contribution is -2.08. The van der Waals surface area contributed by atoms with E-state index >= 15 is 0 Å². The van der Waals surface area contributed by atoms with Gasteiger partial charge in [0.2, 0.25) is 0 Å². The van der Waals surface area contributed by atoms with Gasteiger partial charge in [0.25, 0.3) is 0 Å². The Morgan fingerprint density at radius 1 is 1.40 bits per heavy atom. The standard InChI is InChI=1S/C13H19ClO/c1-4-10(2)9-15-13-7-12(8-14)6-5-11(13)3/h5-7,10H,4,8-9H2,1-3H3. The second-order valence-corrected chi connectivity index (χ2v) is 4.33. The molecule has 0 aliphatic heterocycles. The van der Waals surface area contributed by atoms with Crippen LogP contribution >= 0.6 is 11.6 Å². The van der Waals surface area contributed by atoms with Gasteiger partial charge in [-0.05, 0) is 30.0 Å². The van der Waals surface area contributed by atoms with Crippen LogP contribution < -0.4 is 4.74 Å². The molecule has 0 bridgehead atoms. The number of hydrogen-bond acceptors (Lipinski definition) is 1. The molecule has 84 valence electrons. The zero-order valence-electron chi connectivity index (χ0n) is 9.72. The highest BCUT2D eigenvalue weighted by molar-refractivity contribution is 6.17. The minimum Gasteiger partial charge on any atom is -0.493 e. The molecule has 15 heavy (non-hydrogen) atoms. The predicted molar refractivity (Wildman–Crippen MR) is 65.7 cm³/mol. The molecule has 0 aromatic heterocycles. The SMILES string of the molecule is CCC(C)COc1cc(CCl)ccc1C. The fraction of sp³-hybridized carbons (Fsp3) is 0.538. The maximum Gasteiger partial charge on any atom is 0.122 e. The Balaban J connectivity index is 2.66. The summed E-state index contributed by atoms with van der Waals surface area (Å²) in [7, 11) is 0. The van der Waals surface area contributed by atoms with Gasteiger partial charge in [-0.1, -0.05) is 32.4 Å². The first-order valence-electron chi connectivity index (χ1n) is 5.45. The van der Waals surface area contributed by atoms with Crippen LogP contribution in [0.15, 0.2) is 18.2 Å². The van der Waals surface area contributed by atoms with Crippen molar-refractivity contribution < 1.29 is 4.74 Å². The molecule has 0 amide bonds. The summed E-state index contributed by atoms with van der Waals surface area (Å²) in [5, 5.41) is 0. The van der Waals surface area contributed by atoms with Gasteiger partial charge >= 0.3 is 0 Å². The molecule has 0 saturated carbocycles. The molecule has 0 radical (unpaired) electrons. The molecule has 1 aromatic rings. The molecule has 0 heterocycles. The average molecular weight is 227 g/mol. The van der Waals surface area contributed by atoms with Gasteiger partial charge < -0.3 is 4.74 Å². The molecule has 2 heteroatoms. The number of aryl methyl sites for hydroxylation is 1. The predicted octanol–water partition coefficient (Wildman–Crippen LogP) is 4.16. The van der Waals surface area contributed by atoms with Crippen molar-refractivity contribution in [3.63, 3.8) is 0 Å². The summed E-state index contributed by atoms with van der Waals surface area (Å²) in [6.45, 7) is 7.21. The van der Waals surface area contributed by atoms with E-state index in [1.807, 2.05) is 12.1 Å². The minimum absolute atomic E-state index is 0.542. The molecule has 0 aliphatic rings. The highest BCUT2D eigenvalue weighted by Gasteiger charge is 2.04. The third-order valence-corrected chi connectivity index (χ3v) is 2.94. The molecular weight excluding hydrogens is 208 g/mol. The molecule has 1 atom stereocenters. The minimum atomic E-state index is 0.542. The summed E-state index contributed by atoms with van der Waals surface area (Å²) in [5.41, 5.74) is 2.29. The van der Waals surface area contributed by atoms with E-state index in [1.54, 1.807) is 0 Å². The summed E-state index contributed by atoms with van der Waals surface area (Å²) >= 11 is 5.79.